The Morgan fingerprint density at radius 3 is 2.62 bits per heavy atom. The lowest BCUT2D eigenvalue weighted by Crippen LogP contribution is -2.30. The lowest BCUT2D eigenvalue weighted by molar-refractivity contribution is 0.0935. The summed E-state index contributed by atoms with van der Waals surface area (Å²) in [4.78, 5) is 13.8. The lowest BCUT2D eigenvalue weighted by atomic mass is 10.1. The van der Waals surface area contributed by atoms with Crippen LogP contribution >= 0.6 is 0 Å². The van der Waals surface area contributed by atoms with Gasteiger partial charge in [0, 0.05) is 18.5 Å². The zero-order valence-electron chi connectivity index (χ0n) is 9.52. The predicted octanol–water partition coefficient (Wildman–Crippen LogP) is 2.10. The minimum atomic E-state index is 0.111. The van der Waals surface area contributed by atoms with Crippen LogP contribution in [0.15, 0.2) is 30.3 Å². The number of hydrogen-bond donors (Lipinski definition) is 0. The van der Waals surface area contributed by atoms with E-state index in [4.69, 9.17) is 5.26 Å². The highest BCUT2D eigenvalue weighted by atomic mass is 16.1. The highest BCUT2D eigenvalue weighted by molar-refractivity contribution is 5.97. The second-order valence-electron chi connectivity index (χ2n) is 3.57. The number of Topliss-reactive ketones (excluding diaryl/α,β-unsaturated/α-hetero) is 1. The Hall–Kier alpha value is -1.66. The quantitative estimate of drug-likeness (QED) is 0.684. The Bertz CT molecular complexity index is 367. The molecule has 3 nitrogen and oxygen atoms in total. The summed E-state index contributed by atoms with van der Waals surface area (Å²) in [6, 6.07) is 11.3. The van der Waals surface area contributed by atoms with Gasteiger partial charge in [-0.15, -0.1) is 0 Å². The average Bonchev–Trinajstić information content (AvgIpc) is 2.35. The first kappa shape index (κ1) is 12.4. The molecule has 1 rings (SSSR count). The Morgan fingerprint density at radius 1 is 1.38 bits per heavy atom. The van der Waals surface area contributed by atoms with Gasteiger partial charge >= 0.3 is 0 Å². The molecule has 0 N–H and O–H groups in total. The van der Waals surface area contributed by atoms with Crippen molar-refractivity contribution in [1.82, 2.24) is 4.90 Å². The molecule has 0 amide bonds. The molecular weight excluding hydrogens is 200 g/mol. The molecule has 0 saturated heterocycles. The second kappa shape index (κ2) is 6.76. The molecule has 0 aliphatic carbocycles. The Balaban J connectivity index is 2.53. The number of rotatable bonds is 6. The fourth-order valence-corrected chi connectivity index (χ4v) is 1.48. The summed E-state index contributed by atoms with van der Waals surface area (Å²) >= 11 is 0. The van der Waals surface area contributed by atoms with Crippen LogP contribution in [0.4, 0.5) is 0 Å². The van der Waals surface area contributed by atoms with Crippen LogP contribution in [-0.2, 0) is 0 Å². The highest BCUT2D eigenvalue weighted by Gasteiger charge is 2.10. The number of carbonyl (C=O) groups excluding carboxylic acids is 1. The summed E-state index contributed by atoms with van der Waals surface area (Å²) in [5, 5.41) is 8.50. The molecule has 16 heavy (non-hydrogen) atoms. The third-order valence-corrected chi connectivity index (χ3v) is 2.45. The topological polar surface area (TPSA) is 44.1 Å². The molecule has 0 spiro atoms. The molecule has 1 aromatic rings. The van der Waals surface area contributed by atoms with Gasteiger partial charge in [0.1, 0.15) is 0 Å². The maximum Gasteiger partial charge on any atom is 0.176 e. The van der Waals surface area contributed by atoms with E-state index in [0.29, 0.717) is 19.5 Å². The van der Waals surface area contributed by atoms with Crippen LogP contribution in [0.3, 0.4) is 0 Å². The van der Waals surface area contributed by atoms with Crippen molar-refractivity contribution in [3.8, 4) is 6.07 Å². The van der Waals surface area contributed by atoms with E-state index in [1.807, 2.05) is 42.2 Å². The van der Waals surface area contributed by atoms with Gasteiger partial charge in [0.2, 0.25) is 0 Å². The highest BCUT2D eigenvalue weighted by Crippen LogP contribution is 2.02. The third kappa shape index (κ3) is 3.84. The Kier molecular flexibility index (Phi) is 5.24. The minimum absolute atomic E-state index is 0.111. The van der Waals surface area contributed by atoms with Crippen LogP contribution < -0.4 is 0 Å². The van der Waals surface area contributed by atoms with Crippen LogP contribution in [0, 0.1) is 11.3 Å². The first-order valence-electron chi connectivity index (χ1n) is 5.45. The number of benzene rings is 1. The van der Waals surface area contributed by atoms with Crippen molar-refractivity contribution in [2.75, 3.05) is 19.6 Å². The first-order valence-corrected chi connectivity index (χ1v) is 5.45. The molecule has 0 atom stereocenters. The van der Waals surface area contributed by atoms with E-state index in [9.17, 15) is 4.79 Å². The summed E-state index contributed by atoms with van der Waals surface area (Å²) in [6.45, 7) is 3.84. The summed E-state index contributed by atoms with van der Waals surface area (Å²) in [7, 11) is 0. The monoisotopic (exact) mass is 216 g/mol. The molecule has 0 aromatic heterocycles. The summed E-state index contributed by atoms with van der Waals surface area (Å²) in [5.74, 6) is 0.111. The van der Waals surface area contributed by atoms with E-state index < -0.39 is 0 Å². The number of carbonyl (C=O) groups is 1. The standard InChI is InChI=1S/C13H16N2O/c1-2-15(10-6-9-14)11-13(16)12-7-4-3-5-8-12/h3-5,7-8H,2,6,10-11H2,1H3. The van der Waals surface area contributed by atoms with Crippen LogP contribution in [0.2, 0.25) is 0 Å². The van der Waals surface area contributed by atoms with Gasteiger partial charge in [-0.3, -0.25) is 9.69 Å². The van der Waals surface area contributed by atoms with E-state index in [1.165, 1.54) is 0 Å². The zero-order chi connectivity index (χ0) is 11.8. The SMILES string of the molecule is CCN(CCC#N)CC(=O)c1ccccc1. The van der Waals surface area contributed by atoms with E-state index in [-0.39, 0.29) is 5.78 Å². The number of likely N-dealkylation sites (N-methyl/N-ethyl adjacent to an activating group) is 1. The van der Waals surface area contributed by atoms with Gasteiger partial charge in [-0.05, 0) is 6.54 Å². The van der Waals surface area contributed by atoms with Crippen molar-refractivity contribution in [2.45, 2.75) is 13.3 Å². The van der Waals surface area contributed by atoms with Gasteiger partial charge < -0.3 is 0 Å². The van der Waals surface area contributed by atoms with E-state index >= 15 is 0 Å². The number of nitrogens with zero attached hydrogens (tertiary/aromatic N) is 2. The average molecular weight is 216 g/mol. The van der Waals surface area contributed by atoms with Gasteiger partial charge in [0.05, 0.1) is 12.6 Å². The van der Waals surface area contributed by atoms with E-state index in [0.717, 1.165) is 12.1 Å². The molecule has 84 valence electrons. The van der Waals surface area contributed by atoms with Crippen molar-refractivity contribution in [2.24, 2.45) is 0 Å². The molecule has 0 unspecified atom stereocenters. The van der Waals surface area contributed by atoms with Crippen molar-refractivity contribution in [3.05, 3.63) is 35.9 Å². The van der Waals surface area contributed by atoms with Crippen molar-refractivity contribution < 1.29 is 4.79 Å². The molecule has 0 bridgehead atoms. The second-order valence-corrected chi connectivity index (χ2v) is 3.57. The Morgan fingerprint density at radius 2 is 2.06 bits per heavy atom. The van der Waals surface area contributed by atoms with Gasteiger partial charge in [-0.1, -0.05) is 37.3 Å². The van der Waals surface area contributed by atoms with Crippen LogP contribution in [-0.4, -0.2) is 30.3 Å². The molecular formula is C13H16N2O. The number of ketones is 1. The van der Waals surface area contributed by atoms with Crippen molar-refractivity contribution in [1.29, 1.82) is 5.26 Å². The Labute approximate surface area is 96.3 Å². The molecule has 0 heterocycles. The molecule has 0 aliphatic heterocycles. The molecule has 0 radical (unpaired) electrons. The minimum Gasteiger partial charge on any atom is -0.295 e. The molecule has 0 saturated carbocycles. The molecule has 0 fully saturated rings. The summed E-state index contributed by atoms with van der Waals surface area (Å²) in [6.07, 6.45) is 0.468. The van der Waals surface area contributed by atoms with Crippen molar-refractivity contribution in [3.63, 3.8) is 0 Å². The van der Waals surface area contributed by atoms with Gasteiger partial charge in [0.25, 0.3) is 0 Å². The first-order chi connectivity index (χ1) is 7.77. The molecule has 0 aliphatic rings. The van der Waals surface area contributed by atoms with E-state index in [2.05, 4.69) is 6.07 Å². The summed E-state index contributed by atoms with van der Waals surface area (Å²) < 4.78 is 0. The zero-order valence-corrected chi connectivity index (χ0v) is 9.52. The van der Waals surface area contributed by atoms with Gasteiger partial charge in [-0.25, -0.2) is 0 Å². The largest absolute Gasteiger partial charge is 0.295 e. The fourth-order valence-electron chi connectivity index (χ4n) is 1.48. The smallest absolute Gasteiger partial charge is 0.176 e. The number of nitriles is 1. The third-order valence-electron chi connectivity index (χ3n) is 2.45. The molecule has 1 aromatic carbocycles. The van der Waals surface area contributed by atoms with Crippen LogP contribution in [0.1, 0.15) is 23.7 Å². The van der Waals surface area contributed by atoms with Gasteiger partial charge in [-0.2, -0.15) is 5.26 Å². The molecule has 3 heteroatoms. The maximum atomic E-state index is 11.9. The number of hydrogen-bond acceptors (Lipinski definition) is 3. The summed E-state index contributed by atoms with van der Waals surface area (Å²) in [5.41, 5.74) is 0.734. The fraction of sp³-hybridized carbons (Fsp3) is 0.385. The lowest BCUT2D eigenvalue weighted by Gasteiger charge is -2.17. The normalized spacial score (nSPS) is 10.1. The van der Waals surface area contributed by atoms with E-state index in [1.54, 1.807) is 0 Å². The maximum absolute atomic E-state index is 11.9. The van der Waals surface area contributed by atoms with Crippen LogP contribution in [0.5, 0.6) is 0 Å². The van der Waals surface area contributed by atoms with Crippen molar-refractivity contribution >= 4 is 5.78 Å². The van der Waals surface area contributed by atoms with Crippen LogP contribution in [0.25, 0.3) is 0 Å². The van der Waals surface area contributed by atoms with Gasteiger partial charge in [0.15, 0.2) is 5.78 Å². The predicted molar refractivity (Wildman–Crippen MR) is 63.1 cm³/mol.